The minimum Gasteiger partial charge on any atom is -0.396 e. The van der Waals surface area contributed by atoms with Gasteiger partial charge in [-0.15, -0.1) is 12.4 Å². The highest BCUT2D eigenvalue weighted by atomic mass is 79.9. The van der Waals surface area contributed by atoms with E-state index in [2.05, 4.69) is 45.5 Å². The third-order valence-corrected chi connectivity index (χ3v) is 4.01. The van der Waals surface area contributed by atoms with Crippen LogP contribution in [0.5, 0.6) is 0 Å². The van der Waals surface area contributed by atoms with E-state index in [1.54, 1.807) is 0 Å². The van der Waals surface area contributed by atoms with Crippen LogP contribution in [-0.2, 0) is 6.54 Å². The second-order valence-electron chi connectivity index (χ2n) is 4.59. The minimum atomic E-state index is 0. The molecular weight excluding hydrogens is 302 g/mol. The molecule has 0 aromatic heterocycles. The highest BCUT2D eigenvalue weighted by molar-refractivity contribution is 9.10. The van der Waals surface area contributed by atoms with Gasteiger partial charge < -0.3 is 10.4 Å². The summed E-state index contributed by atoms with van der Waals surface area (Å²) in [7, 11) is 0. The Hall–Kier alpha value is -0.0900. The van der Waals surface area contributed by atoms with Crippen molar-refractivity contribution in [1.29, 1.82) is 0 Å². The topological polar surface area (TPSA) is 32.3 Å². The van der Waals surface area contributed by atoms with Gasteiger partial charge in [0.1, 0.15) is 0 Å². The summed E-state index contributed by atoms with van der Waals surface area (Å²) in [6, 6.07) is 8.39. The molecule has 1 saturated carbocycles. The first kappa shape index (κ1) is 15.0. The zero-order valence-electron chi connectivity index (χ0n) is 9.79. The molecule has 0 bridgehead atoms. The fraction of sp³-hybridized carbons (Fsp3) is 0.538. The number of hydrogen-bond donors (Lipinski definition) is 2. The van der Waals surface area contributed by atoms with E-state index in [9.17, 15) is 0 Å². The van der Waals surface area contributed by atoms with Crippen molar-refractivity contribution in [3.05, 3.63) is 34.3 Å². The monoisotopic (exact) mass is 319 g/mol. The number of aliphatic hydroxyl groups is 1. The molecule has 1 aliphatic rings. The van der Waals surface area contributed by atoms with Gasteiger partial charge in [-0.3, -0.25) is 0 Å². The lowest BCUT2D eigenvalue weighted by Gasteiger charge is -2.42. The summed E-state index contributed by atoms with van der Waals surface area (Å²) in [5.41, 5.74) is 1.51. The molecule has 96 valence electrons. The van der Waals surface area contributed by atoms with E-state index in [0.29, 0.717) is 0 Å². The van der Waals surface area contributed by atoms with Gasteiger partial charge in [-0.1, -0.05) is 28.1 Å². The van der Waals surface area contributed by atoms with Crippen LogP contribution in [0.2, 0.25) is 0 Å². The summed E-state index contributed by atoms with van der Waals surface area (Å²) < 4.78 is 1.12. The van der Waals surface area contributed by atoms with Gasteiger partial charge >= 0.3 is 0 Å². The molecule has 1 aromatic rings. The highest BCUT2D eigenvalue weighted by Crippen LogP contribution is 2.34. The van der Waals surface area contributed by atoms with E-state index in [-0.39, 0.29) is 24.6 Å². The van der Waals surface area contributed by atoms with E-state index >= 15 is 0 Å². The summed E-state index contributed by atoms with van der Waals surface area (Å²) in [6.45, 7) is 1.18. The van der Waals surface area contributed by atoms with E-state index in [1.165, 1.54) is 24.8 Å². The lowest BCUT2D eigenvalue weighted by Crippen LogP contribution is -2.51. The molecule has 0 saturated heterocycles. The van der Waals surface area contributed by atoms with Crippen molar-refractivity contribution in [2.24, 2.45) is 0 Å². The van der Waals surface area contributed by atoms with Crippen LogP contribution in [0.1, 0.15) is 31.2 Å². The summed E-state index contributed by atoms with van der Waals surface area (Å²) >= 11 is 3.43. The Bertz CT molecular complexity index is 338. The van der Waals surface area contributed by atoms with Gasteiger partial charge in [0.2, 0.25) is 0 Å². The Kier molecular flexibility index (Phi) is 5.93. The Morgan fingerprint density at radius 3 is 2.35 bits per heavy atom. The van der Waals surface area contributed by atoms with Crippen LogP contribution in [-0.4, -0.2) is 17.3 Å². The predicted molar refractivity (Wildman–Crippen MR) is 76.5 cm³/mol. The van der Waals surface area contributed by atoms with Gasteiger partial charge in [-0.2, -0.15) is 0 Å². The van der Waals surface area contributed by atoms with Crippen LogP contribution in [0.25, 0.3) is 0 Å². The smallest absolute Gasteiger partial charge is 0.0448 e. The molecule has 1 fully saturated rings. The van der Waals surface area contributed by atoms with Gasteiger partial charge in [0.05, 0.1) is 0 Å². The number of nitrogens with one attached hydrogen (secondary N) is 1. The zero-order valence-corrected chi connectivity index (χ0v) is 12.2. The Morgan fingerprint density at radius 2 is 1.88 bits per heavy atom. The SMILES string of the molecule is Cl.OCCC1(NCc2ccc(Br)cc2)CCC1. The zero-order chi connectivity index (χ0) is 11.4. The molecule has 4 heteroatoms. The van der Waals surface area contributed by atoms with E-state index in [4.69, 9.17) is 5.11 Å². The van der Waals surface area contributed by atoms with Crippen LogP contribution in [0.15, 0.2) is 28.7 Å². The predicted octanol–water partition coefficient (Wildman–Crippen LogP) is 3.27. The molecule has 1 aromatic carbocycles. The third kappa shape index (κ3) is 3.95. The first-order valence-electron chi connectivity index (χ1n) is 5.84. The molecule has 2 nitrogen and oxygen atoms in total. The first-order chi connectivity index (χ1) is 7.74. The van der Waals surface area contributed by atoms with Gasteiger partial charge in [0, 0.05) is 23.2 Å². The fourth-order valence-electron chi connectivity index (χ4n) is 2.22. The van der Waals surface area contributed by atoms with Crippen molar-refractivity contribution in [3.63, 3.8) is 0 Å². The number of hydrogen-bond acceptors (Lipinski definition) is 2. The average molecular weight is 321 g/mol. The summed E-state index contributed by atoms with van der Waals surface area (Å²) in [4.78, 5) is 0. The molecule has 2 rings (SSSR count). The number of rotatable bonds is 5. The van der Waals surface area contributed by atoms with E-state index in [1.807, 2.05) is 0 Å². The van der Waals surface area contributed by atoms with Crippen LogP contribution >= 0.6 is 28.3 Å². The van der Waals surface area contributed by atoms with Crippen molar-refractivity contribution in [2.45, 2.75) is 37.8 Å². The van der Waals surface area contributed by atoms with Crippen LogP contribution in [0, 0.1) is 0 Å². The normalized spacial score (nSPS) is 17.1. The molecule has 0 radical (unpaired) electrons. The fourth-order valence-corrected chi connectivity index (χ4v) is 2.49. The number of aliphatic hydroxyl groups excluding tert-OH is 1. The van der Waals surface area contributed by atoms with Gasteiger partial charge in [0.15, 0.2) is 0 Å². The molecule has 0 amide bonds. The largest absolute Gasteiger partial charge is 0.396 e. The van der Waals surface area contributed by atoms with Crippen molar-refractivity contribution in [1.82, 2.24) is 5.32 Å². The summed E-state index contributed by atoms with van der Waals surface area (Å²) in [6.07, 6.45) is 4.56. The Balaban J connectivity index is 0.00000144. The maximum Gasteiger partial charge on any atom is 0.0448 e. The molecule has 2 N–H and O–H groups in total. The molecule has 0 aliphatic heterocycles. The summed E-state index contributed by atoms with van der Waals surface area (Å²) in [5.74, 6) is 0. The van der Waals surface area contributed by atoms with Crippen LogP contribution < -0.4 is 5.32 Å². The van der Waals surface area contributed by atoms with E-state index < -0.39 is 0 Å². The Morgan fingerprint density at radius 1 is 1.24 bits per heavy atom. The number of halogens is 2. The minimum absolute atomic E-state index is 0. The molecular formula is C13H19BrClNO. The standard InChI is InChI=1S/C13H18BrNO.ClH/c14-12-4-2-11(3-5-12)10-15-13(8-9-16)6-1-7-13;/h2-5,15-16H,1,6-10H2;1H. The van der Waals surface area contributed by atoms with Gasteiger partial charge in [0.25, 0.3) is 0 Å². The van der Waals surface area contributed by atoms with Crippen molar-refractivity contribution >= 4 is 28.3 Å². The van der Waals surface area contributed by atoms with Gasteiger partial charge in [-0.25, -0.2) is 0 Å². The maximum atomic E-state index is 9.05. The van der Waals surface area contributed by atoms with Crippen LogP contribution in [0.4, 0.5) is 0 Å². The first-order valence-corrected chi connectivity index (χ1v) is 6.64. The molecule has 0 spiro atoms. The van der Waals surface area contributed by atoms with E-state index in [0.717, 1.165) is 17.4 Å². The molecule has 0 unspecified atom stereocenters. The second-order valence-corrected chi connectivity index (χ2v) is 5.50. The van der Waals surface area contributed by atoms with Crippen LogP contribution in [0.3, 0.4) is 0 Å². The molecule has 1 aliphatic carbocycles. The van der Waals surface area contributed by atoms with Crippen molar-refractivity contribution < 1.29 is 5.11 Å². The average Bonchev–Trinajstić information content (AvgIpc) is 2.24. The number of benzene rings is 1. The third-order valence-electron chi connectivity index (χ3n) is 3.48. The van der Waals surface area contributed by atoms with Crippen molar-refractivity contribution in [3.8, 4) is 0 Å². The highest BCUT2D eigenvalue weighted by Gasteiger charge is 2.35. The van der Waals surface area contributed by atoms with Gasteiger partial charge in [-0.05, 0) is 43.4 Å². The van der Waals surface area contributed by atoms with Crippen molar-refractivity contribution in [2.75, 3.05) is 6.61 Å². The lowest BCUT2D eigenvalue weighted by molar-refractivity contribution is 0.130. The molecule has 17 heavy (non-hydrogen) atoms. The summed E-state index contributed by atoms with van der Waals surface area (Å²) in [5, 5.41) is 12.6. The quantitative estimate of drug-likeness (QED) is 0.873. The lowest BCUT2D eigenvalue weighted by atomic mass is 9.74. The molecule has 0 atom stereocenters. The maximum absolute atomic E-state index is 9.05. The molecule has 0 heterocycles. The Labute approximate surface area is 117 Å². The second kappa shape index (κ2) is 6.74.